The fourth-order valence-corrected chi connectivity index (χ4v) is 8.64. The second-order valence-corrected chi connectivity index (χ2v) is 20.6. The van der Waals surface area contributed by atoms with Gasteiger partial charge in [-0.3, -0.25) is 14.4 Å². The molecule has 0 spiro atoms. The Morgan fingerprint density at radius 1 is 0.430 bits per heavy atom. The van der Waals surface area contributed by atoms with E-state index < -0.39 is 67.3 Å². The maximum atomic E-state index is 13.2. The molecule has 0 aromatic heterocycles. The summed E-state index contributed by atoms with van der Waals surface area (Å²) in [6.45, 7) is 5.71. The molecule has 1 aliphatic heterocycles. The van der Waals surface area contributed by atoms with E-state index in [1.165, 1.54) is 83.5 Å². The van der Waals surface area contributed by atoms with Gasteiger partial charge >= 0.3 is 23.9 Å². The molecule has 1 aliphatic rings. The van der Waals surface area contributed by atoms with Crippen molar-refractivity contribution >= 4 is 23.9 Å². The highest BCUT2D eigenvalue weighted by Crippen LogP contribution is 2.26. The fourth-order valence-electron chi connectivity index (χ4n) is 8.64. The van der Waals surface area contributed by atoms with Gasteiger partial charge < -0.3 is 39.0 Å². The highest BCUT2D eigenvalue weighted by Gasteiger charge is 2.50. The number of carboxylic acid groups (broad SMARTS) is 1. The topological polar surface area (TPSA) is 175 Å². The fraction of sp³-hybridized carbons (Fsp3) is 0.672. The van der Waals surface area contributed by atoms with Crippen LogP contribution in [0.25, 0.3) is 0 Å². The number of carbonyl (C=O) groups is 4. The first-order chi connectivity index (χ1) is 38.6. The predicted molar refractivity (Wildman–Crippen MR) is 321 cm³/mol. The number of esters is 3. The predicted octanol–water partition coefficient (Wildman–Crippen LogP) is 16.2. The van der Waals surface area contributed by atoms with Crippen molar-refractivity contribution in [1.29, 1.82) is 0 Å². The Balaban J connectivity index is 2.72. The molecule has 1 heterocycles. The summed E-state index contributed by atoms with van der Waals surface area (Å²) in [7, 11) is 0. The number of hydrogen-bond donors (Lipinski definition) is 3. The van der Waals surface area contributed by atoms with Gasteiger partial charge in [0.1, 0.15) is 18.8 Å². The summed E-state index contributed by atoms with van der Waals surface area (Å²) in [5.74, 6) is -3.24. The van der Waals surface area contributed by atoms with Gasteiger partial charge in [0.2, 0.25) is 0 Å². The van der Waals surface area contributed by atoms with Crippen molar-refractivity contribution in [2.45, 2.75) is 276 Å². The molecular weight excluding hydrogens is 997 g/mol. The molecule has 1 rings (SSSR count). The van der Waals surface area contributed by atoms with Crippen LogP contribution < -0.4 is 0 Å². The molecule has 0 radical (unpaired) electrons. The summed E-state index contributed by atoms with van der Waals surface area (Å²) in [4.78, 5) is 51.2. The lowest BCUT2D eigenvalue weighted by Gasteiger charge is -2.40. The minimum Gasteiger partial charge on any atom is -0.479 e. The van der Waals surface area contributed by atoms with E-state index in [0.29, 0.717) is 25.7 Å². The van der Waals surface area contributed by atoms with E-state index in [1.54, 1.807) is 0 Å². The molecule has 0 amide bonds. The van der Waals surface area contributed by atoms with Crippen molar-refractivity contribution in [2.75, 3.05) is 13.2 Å². The van der Waals surface area contributed by atoms with Crippen molar-refractivity contribution < 1.29 is 58.2 Å². The van der Waals surface area contributed by atoms with Gasteiger partial charge in [0.15, 0.2) is 24.6 Å². The number of rotatable bonds is 51. The summed E-state index contributed by atoms with van der Waals surface area (Å²) < 4.78 is 28.4. The van der Waals surface area contributed by atoms with E-state index in [4.69, 9.17) is 23.7 Å². The normalized spacial score (nSPS) is 18.6. The van der Waals surface area contributed by atoms with E-state index in [9.17, 15) is 34.5 Å². The van der Waals surface area contributed by atoms with Gasteiger partial charge in [0.25, 0.3) is 0 Å². The van der Waals surface area contributed by atoms with Gasteiger partial charge in [-0.2, -0.15) is 0 Å². The smallest absolute Gasteiger partial charge is 0.335 e. The number of aliphatic hydroxyl groups is 2. The molecule has 0 aromatic carbocycles. The number of aliphatic carboxylic acids is 1. The molecule has 0 saturated carbocycles. The molecule has 1 fully saturated rings. The van der Waals surface area contributed by atoms with Gasteiger partial charge in [-0.15, -0.1) is 0 Å². The maximum Gasteiger partial charge on any atom is 0.335 e. The molecule has 0 aromatic rings. The van der Waals surface area contributed by atoms with E-state index >= 15 is 0 Å². The Kier molecular flexibility index (Phi) is 49.5. The highest BCUT2D eigenvalue weighted by molar-refractivity contribution is 5.74. The quantitative estimate of drug-likeness (QED) is 0.0228. The summed E-state index contributed by atoms with van der Waals surface area (Å²) in [6.07, 6.45) is 60.6. The number of allylic oxidation sites excluding steroid dienone is 18. The van der Waals surface area contributed by atoms with Gasteiger partial charge in [-0.1, -0.05) is 207 Å². The maximum absolute atomic E-state index is 13.2. The Morgan fingerprint density at radius 3 is 1.25 bits per heavy atom. The van der Waals surface area contributed by atoms with Crippen LogP contribution in [0.5, 0.6) is 0 Å². The average Bonchev–Trinajstić information content (AvgIpc) is 3.46. The molecule has 0 bridgehead atoms. The van der Waals surface area contributed by atoms with Crippen molar-refractivity contribution in [1.82, 2.24) is 0 Å². The second kappa shape index (κ2) is 54.0. The van der Waals surface area contributed by atoms with Gasteiger partial charge in [0, 0.05) is 19.3 Å². The lowest BCUT2D eigenvalue weighted by Crippen LogP contribution is -2.61. The Labute approximate surface area is 478 Å². The zero-order valence-electron chi connectivity index (χ0n) is 49.3. The largest absolute Gasteiger partial charge is 0.479 e. The first-order valence-corrected chi connectivity index (χ1v) is 30.9. The summed E-state index contributed by atoms with van der Waals surface area (Å²) >= 11 is 0. The Bertz CT molecular complexity index is 1790. The number of aliphatic hydroxyl groups excluding tert-OH is 2. The van der Waals surface area contributed by atoms with E-state index in [-0.39, 0.29) is 25.9 Å². The van der Waals surface area contributed by atoms with Crippen LogP contribution in [-0.2, 0) is 42.9 Å². The first-order valence-electron chi connectivity index (χ1n) is 30.9. The Morgan fingerprint density at radius 2 is 0.797 bits per heavy atom. The SMILES string of the molecule is CC/C=C\C/C=C\C/C=C\C/C=C\CCCCC(=O)OC(COC(=O)CCCCCCCCCCC/C=C\CCCCCCCC)COC1OC(C(=O)O)C(O)C(O)C1OC(=O)CCCC/C=C\C/C=C\C/C=C\C/C=C\CC. The standard InChI is InChI=1S/C67H108O12/c1-4-7-10-13-16-19-22-25-28-29-30-31-34-35-38-41-44-47-50-53-59(68)75-56-58(77-60(69)54-51-48-45-42-39-36-32-26-23-20-17-14-11-8-5-2)57-76-67-65(63(72)62(71)64(79-67)66(73)74)78-61(70)55-52-49-46-43-40-37-33-27-24-21-18-15-12-9-6-3/h8-9,11-12,17-18,20-21,25-28,32-33,39-40,42-43,58,62-65,67,71-72H,4-7,10,13-16,19,22-24,29-31,34-38,41,44-57H2,1-3H3,(H,73,74)/b11-8-,12-9-,20-17-,21-18-,28-25-,32-26-,33-27-,42-39-,43-40-. The van der Waals surface area contributed by atoms with Crippen LogP contribution in [0.15, 0.2) is 109 Å². The summed E-state index contributed by atoms with van der Waals surface area (Å²) in [5, 5.41) is 31.5. The van der Waals surface area contributed by atoms with Crippen molar-refractivity contribution in [3.63, 3.8) is 0 Å². The van der Waals surface area contributed by atoms with Gasteiger partial charge in [-0.25, -0.2) is 4.79 Å². The summed E-state index contributed by atoms with van der Waals surface area (Å²) in [5.41, 5.74) is 0. The van der Waals surface area contributed by atoms with Gasteiger partial charge in [-0.05, 0) is 122 Å². The van der Waals surface area contributed by atoms with E-state index in [2.05, 4.69) is 130 Å². The minimum absolute atomic E-state index is 0.00192. The van der Waals surface area contributed by atoms with E-state index in [1.807, 2.05) is 0 Å². The second-order valence-electron chi connectivity index (χ2n) is 20.6. The molecule has 1 saturated heterocycles. The molecule has 3 N–H and O–H groups in total. The highest BCUT2D eigenvalue weighted by atomic mass is 16.7. The van der Waals surface area contributed by atoms with Crippen LogP contribution in [0, 0.1) is 0 Å². The van der Waals surface area contributed by atoms with Crippen molar-refractivity contribution in [3.05, 3.63) is 109 Å². The first kappa shape index (κ1) is 72.4. The third-order valence-corrected chi connectivity index (χ3v) is 13.3. The Hall–Kier alpha value is -4.62. The van der Waals surface area contributed by atoms with Crippen LogP contribution in [0.1, 0.15) is 239 Å². The monoisotopic (exact) mass is 1100 g/mol. The number of ether oxygens (including phenoxy) is 5. The van der Waals surface area contributed by atoms with Gasteiger partial charge in [0.05, 0.1) is 6.61 Å². The van der Waals surface area contributed by atoms with Crippen molar-refractivity contribution in [2.24, 2.45) is 0 Å². The molecule has 79 heavy (non-hydrogen) atoms. The molecule has 0 aliphatic carbocycles. The summed E-state index contributed by atoms with van der Waals surface area (Å²) in [6, 6.07) is 0. The van der Waals surface area contributed by atoms with Crippen LogP contribution >= 0.6 is 0 Å². The van der Waals surface area contributed by atoms with Crippen LogP contribution in [0.2, 0.25) is 0 Å². The molecule has 12 nitrogen and oxygen atoms in total. The van der Waals surface area contributed by atoms with E-state index in [0.717, 1.165) is 89.9 Å². The molecule has 12 heteroatoms. The molecule has 6 atom stereocenters. The number of unbranched alkanes of at least 4 members (excludes halogenated alkanes) is 19. The molecular formula is C67H108O12. The lowest BCUT2D eigenvalue weighted by molar-refractivity contribution is -0.301. The zero-order chi connectivity index (χ0) is 57.5. The lowest BCUT2D eigenvalue weighted by atomic mass is 9.98. The third-order valence-electron chi connectivity index (χ3n) is 13.3. The van der Waals surface area contributed by atoms with Crippen LogP contribution in [0.3, 0.4) is 0 Å². The average molecular weight is 1110 g/mol. The minimum atomic E-state index is -1.93. The number of hydrogen-bond acceptors (Lipinski definition) is 11. The molecule has 6 unspecified atom stereocenters. The van der Waals surface area contributed by atoms with Crippen LogP contribution in [0.4, 0.5) is 0 Å². The molecule has 448 valence electrons. The van der Waals surface area contributed by atoms with Crippen LogP contribution in [-0.4, -0.2) is 89.2 Å². The zero-order valence-corrected chi connectivity index (χ0v) is 49.3. The van der Waals surface area contributed by atoms with Crippen molar-refractivity contribution in [3.8, 4) is 0 Å². The third kappa shape index (κ3) is 43.8. The number of carbonyl (C=O) groups excluding carboxylic acids is 3. The number of carboxylic acids is 1.